The van der Waals surface area contributed by atoms with E-state index in [1.807, 2.05) is 43.3 Å². The molecule has 6 nitrogen and oxygen atoms in total. The minimum Gasteiger partial charge on any atom is -0.497 e. The average Bonchev–Trinajstić information content (AvgIpc) is 3.00. The number of hydrogen-bond acceptors (Lipinski definition) is 4. The molecule has 0 aromatic heterocycles. The lowest BCUT2D eigenvalue weighted by Gasteiger charge is -2.49. The number of rotatable bonds is 7. The molecule has 26 heavy (non-hydrogen) atoms. The minimum atomic E-state index is -0.501. The molecule has 1 aromatic rings. The van der Waals surface area contributed by atoms with Gasteiger partial charge in [0.15, 0.2) is 0 Å². The van der Waals surface area contributed by atoms with Gasteiger partial charge in [-0.3, -0.25) is 9.69 Å². The summed E-state index contributed by atoms with van der Waals surface area (Å²) in [6, 6.07) is 6.94. The lowest BCUT2D eigenvalue weighted by atomic mass is 9.91. The van der Waals surface area contributed by atoms with Crippen molar-refractivity contribution in [3.8, 4) is 5.75 Å². The lowest BCUT2D eigenvalue weighted by molar-refractivity contribution is -0.153. The van der Waals surface area contributed by atoms with E-state index in [2.05, 4.69) is 6.30 Å². The van der Waals surface area contributed by atoms with E-state index in [9.17, 15) is 9.59 Å². The third kappa shape index (κ3) is 3.34. The van der Waals surface area contributed by atoms with E-state index in [4.69, 9.17) is 9.47 Å². The van der Waals surface area contributed by atoms with Gasteiger partial charge in [0.2, 0.25) is 5.91 Å². The maximum atomic E-state index is 12.6. The molecule has 0 saturated carbocycles. The van der Waals surface area contributed by atoms with Gasteiger partial charge >= 0.3 is 6.09 Å². The molecular formula is C19H23N2O4P. The predicted molar refractivity (Wildman–Crippen MR) is 103 cm³/mol. The largest absolute Gasteiger partial charge is 0.497 e. The highest BCUT2D eigenvalue weighted by molar-refractivity contribution is 7.36. The Morgan fingerprint density at radius 2 is 2.23 bits per heavy atom. The Balaban J connectivity index is 1.83. The topological polar surface area (TPSA) is 59.1 Å². The molecule has 2 aliphatic rings. The fourth-order valence-corrected chi connectivity index (χ4v) is 4.05. The van der Waals surface area contributed by atoms with Gasteiger partial charge in [-0.2, -0.15) is 0 Å². The van der Waals surface area contributed by atoms with E-state index in [1.54, 1.807) is 16.9 Å². The lowest BCUT2D eigenvalue weighted by Crippen LogP contribution is -2.71. The molecule has 2 saturated heterocycles. The normalized spacial score (nSPS) is 25.7. The predicted octanol–water partition coefficient (Wildman–Crippen LogP) is 2.51. The first kappa shape index (κ1) is 18.5. The Labute approximate surface area is 155 Å². The average molecular weight is 374 g/mol. The van der Waals surface area contributed by atoms with Crippen LogP contribution >= 0.6 is 8.20 Å². The first-order valence-electron chi connectivity index (χ1n) is 8.61. The molecule has 3 atom stereocenters. The van der Waals surface area contributed by atoms with Crippen molar-refractivity contribution in [2.24, 2.45) is 0 Å². The van der Waals surface area contributed by atoms with Crippen LogP contribution in [0.15, 0.2) is 30.3 Å². The second kappa shape index (κ2) is 7.92. The fraction of sp³-hybridized carbons (Fsp3) is 0.421. The van der Waals surface area contributed by atoms with Crippen LogP contribution in [0.25, 0.3) is 6.08 Å². The molecule has 2 amide bonds. The number of carbonyl (C=O) groups is 2. The molecule has 0 aliphatic carbocycles. The zero-order chi connectivity index (χ0) is 18.7. The fourth-order valence-electron chi connectivity index (χ4n) is 3.47. The molecule has 1 aromatic carbocycles. The summed E-state index contributed by atoms with van der Waals surface area (Å²) in [4.78, 5) is 28.2. The smallest absolute Gasteiger partial charge is 0.411 e. The van der Waals surface area contributed by atoms with Crippen LogP contribution < -0.4 is 4.74 Å². The first-order chi connectivity index (χ1) is 12.6. The number of carbonyl (C=O) groups excluding carboxylic acids is 2. The van der Waals surface area contributed by atoms with Crippen molar-refractivity contribution in [2.75, 3.05) is 26.4 Å². The zero-order valence-corrected chi connectivity index (χ0v) is 15.9. The van der Waals surface area contributed by atoms with Crippen molar-refractivity contribution in [2.45, 2.75) is 25.0 Å². The maximum absolute atomic E-state index is 12.6. The number of likely N-dealkylation sites (tertiary alicyclic amines) is 1. The van der Waals surface area contributed by atoms with E-state index in [0.717, 1.165) is 19.5 Å². The second-order valence-corrected chi connectivity index (χ2v) is 7.05. The Bertz CT molecular complexity index is 736. The molecule has 0 spiro atoms. The molecule has 0 radical (unpaired) electrons. The molecule has 3 unspecified atom stereocenters. The van der Waals surface area contributed by atoms with Crippen LogP contribution in [0.4, 0.5) is 4.79 Å². The van der Waals surface area contributed by atoms with Crippen molar-refractivity contribution in [3.63, 3.8) is 0 Å². The van der Waals surface area contributed by atoms with Gasteiger partial charge in [0, 0.05) is 12.7 Å². The number of hydrogen-bond donors (Lipinski definition) is 0. The third-order valence-corrected chi connectivity index (χ3v) is 5.46. The highest BCUT2D eigenvalue weighted by atomic mass is 31.1. The van der Waals surface area contributed by atoms with E-state index in [-0.39, 0.29) is 18.0 Å². The highest BCUT2D eigenvalue weighted by Crippen LogP contribution is 2.32. The maximum Gasteiger partial charge on any atom is 0.411 e. The van der Waals surface area contributed by atoms with Crippen LogP contribution in [0.2, 0.25) is 0 Å². The van der Waals surface area contributed by atoms with Crippen molar-refractivity contribution < 1.29 is 19.1 Å². The Morgan fingerprint density at radius 1 is 1.42 bits per heavy atom. The van der Waals surface area contributed by atoms with Crippen LogP contribution in [0.5, 0.6) is 5.75 Å². The van der Waals surface area contributed by atoms with Gasteiger partial charge in [0.25, 0.3) is 0 Å². The Kier molecular flexibility index (Phi) is 5.62. The number of cyclic esters (lactones) is 1. The van der Waals surface area contributed by atoms with E-state index < -0.39 is 12.1 Å². The van der Waals surface area contributed by atoms with Crippen LogP contribution in [-0.4, -0.2) is 72.6 Å². The molecule has 0 bridgehead atoms. The van der Waals surface area contributed by atoms with Crippen LogP contribution in [0.1, 0.15) is 12.5 Å². The van der Waals surface area contributed by atoms with Crippen LogP contribution in [0.3, 0.4) is 0 Å². The Morgan fingerprint density at radius 3 is 2.92 bits per heavy atom. The summed E-state index contributed by atoms with van der Waals surface area (Å²) in [5.74, 6) is 0.746. The number of ether oxygens (including phenoxy) is 2. The van der Waals surface area contributed by atoms with Gasteiger partial charge in [0.05, 0.1) is 19.2 Å². The van der Waals surface area contributed by atoms with E-state index in [1.165, 1.54) is 0 Å². The minimum absolute atomic E-state index is 0.0302. The second-order valence-electron chi connectivity index (χ2n) is 6.24. The molecule has 3 rings (SSSR count). The molecule has 138 valence electrons. The summed E-state index contributed by atoms with van der Waals surface area (Å²) in [5.41, 5.74) is 0.982. The molecular weight excluding hydrogens is 351 g/mol. The SMILES string of the molecule is C=PCC1COC(=O)N1C1C(=O)N(CC)C1C=Cc1cccc(OC)c1. The summed E-state index contributed by atoms with van der Waals surface area (Å²) >= 11 is 0. The summed E-state index contributed by atoms with van der Waals surface area (Å²) in [6.45, 7) is 2.86. The van der Waals surface area contributed by atoms with Crippen LogP contribution in [-0.2, 0) is 9.53 Å². The monoisotopic (exact) mass is 374 g/mol. The molecule has 0 N–H and O–H groups in total. The number of benzene rings is 1. The van der Waals surface area contributed by atoms with E-state index in [0.29, 0.717) is 19.3 Å². The van der Waals surface area contributed by atoms with Gasteiger partial charge in [-0.1, -0.05) is 30.6 Å². The first-order valence-corrected chi connectivity index (χ1v) is 9.87. The van der Waals surface area contributed by atoms with E-state index >= 15 is 0 Å². The molecule has 2 aliphatic heterocycles. The van der Waals surface area contributed by atoms with Crippen LogP contribution in [0, 0.1) is 0 Å². The van der Waals surface area contributed by atoms with Gasteiger partial charge in [-0.25, -0.2) is 4.79 Å². The van der Waals surface area contributed by atoms with Gasteiger partial charge < -0.3 is 14.4 Å². The number of methoxy groups -OCH3 is 1. The quantitative estimate of drug-likeness (QED) is 0.544. The summed E-state index contributed by atoms with van der Waals surface area (Å²) in [5, 5.41) is 0. The number of likely N-dealkylation sites (N-methyl/N-ethyl adjacent to an activating group) is 1. The number of β-lactam (4-membered cyclic amide) rings is 1. The highest BCUT2D eigenvalue weighted by Gasteiger charge is 2.54. The third-order valence-electron chi connectivity index (χ3n) is 4.78. The van der Waals surface area contributed by atoms with Crippen molar-refractivity contribution >= 4 is 32.6 Å². The number of nitrogens with zero attached hydrogens (tertiary/aromatic N) is 2. The summed E-state index contributed by atoms with van der Waals surface area (Å²) in [7, 11) is 2.56. The molecule has 2 heterocycles. The standard InChI is InChI=1S/C19H23N2O4P/c1-4-20-16(9-8-13-6-5-7-15(10-13)24-2)17(18(20)22)21-14(12-26-3)11-25-19(21)23/h5-10,14,16-17H,3-4,11-12H2,1-2H3. The molecule has 7 heteroatoms. The number of amides is 2. The van der Waals surface area contributed by atoms with Gasteiger partial charge in [0.1, 0.15) is 18.4 Å². The van der Waals surface area contributed by atoms with Crippen molar-refractivity contribution in [1.82, 2.24) is 9.80 Å². The zero-order valence-electron chi connectivity index (χ0n) is 15.0. The molecule has 2 fully saturated rings. The Hall–Kier alpha value is -2.33. The summed E-state index contributed by atoms with van der Waals surface area (Å²) in [6.07, 6.45) is 8.07. The van der Waals surface area contributed by atoms with Crippen molar-refractivity contribution in [3.05, 3.63) is 35.9 Å². The van der Waals surface area contributed by atoms with Crippen molar-refractivity contribution in [1.29, 1.82) is 0 Å². The summed E-state index contributed by atoms with van der Waals surface area (Å²) < 4.78 is 10.4. The van der Waals surface area contributed by atoms with Gasteiger partial charge in [-0.15, -0.1) is 8.20 Å². The van der Waals surface area contributed by atoms with Gasteiger partial charge in [-0.05, 0) is 24.6 Å².